The van der Waals surface area contributed by atoms with Crippen LogP contribution in [0.2, 0.25) is 0 Å². The van der Waals surface area contributed by atoms with Crippen molar-refractivity contribution in [2.45, 2.75) is 150 Å². The summed E-state index contributed by atoms with van der Waals surface area (Å²) in [5, 5.41) is 12.4. The molecule has 0 amide bonds. The summed E-state index contributed by atoms with van der Waals surface area (Å²) < 4.78 is 11.9. The molecule has 268 valence electrons. The highest BCUT2D eigenvalue weighted by atomic mass is 16.6. The van der Waals surface area contributed by atoms with E-state index < -0.39 is 17.5 Å². The van der Waals surface area contributed by atoms with Crippen molar-refractivity contribution >= 4 is 11.9 Å². The van der Waals surface area contributed by atoms with Crippen molar-refractivity contribution in [1.29, 1.82) is 0 Å². The first-order chi connectivity index (χ1) is 22.5. The maximum Gasteiger partial charge on any atom is 0.317 e. The lowest BCUT2D eigenvalue weighted by Crippen LogP contribution is -2.65. The van der Waals surface area contributed by atoms with Gasteiger partial charge in [-0.25, -0.2) is 0 Å². The van der Waals surface area contributed by atoms with Gasteiger partial charge in [0.25, 0.3) is 0 Å². The molecule has 0 aromatic carbocycles. The van der Waals surface area contributed by atoms with E-state index >= 15 is 0 Å². The molecule has 5 nitrogen and oxygen atoms in total. The quantitative estimate of drug-likeness (QED) is 0.159. The summed E-state index contributed by atoms with van der Waals surface area (Å²) in [5.74, 6) is 0.683. The molecule has 5 saturated carbocycles. The molecule has 6 aliphatic rings. The van der Waals surface area contributed by atoms with Gasteiger partial charge in [-0.05, 0) is 123 Å². The average molecular weight is 663 g/mol. The number of carbonyl (C=O) groups is 2. The smallest absolute Gasteiger partial charge is 0.317 e. The fourth-order valence-corrected chi connectivity index (χ4v) is 13.1. The molecule has 0 saturated heterocycles. The lowest BCUT2D eigenvalue weighted by molar-refractivity contribution is -0.241. The van der Waals surface area contributed by atoms with Gasteiger partial charge >= 0.3 is 11.9 Å². The molecule has 0 aromatic rings. The Kier molecular flexibility index (Phi) is 9.29. The van der Waals surface area contributed by atoms with Crippen molar-refractivity contribution in [2.75, 3.05) is 13.2 Å². The second-order valence-electron chi connectivity index (χ2n) is 19.4. The van der Waals surface area contributed by atoms with Crippen molar-refractivity contribution in [1.82, 2.24) is 0 Å². The first-order valence-electron chi connectivity index (χ1n) is 19.5. The molecule has 0 spiro atoms. The molecule has 0 radical (unpaired) electrons. The zero-order valence-electron chi connectivity index (χ0n) is 31.3. The van der Waals surface area contributed by atoms with Crippen molar-refractivity contribution in [3.05, 3.63) is 37.0 Å². The van der Waals surface area contributed by atoms with E-state index in [1.54, 1.807) is 5.57 Å². The van der Waals surface area contributed by atoms with Gasteiger partial charge in [0.1, 0.15) is 6.42 Å². The number of aliphatic hydroxyl groups is 1. The largest absolute Gasteiger partial charge is 0.465 e. The van der Waals surface area contributed by atoms with E-state index in [1.165, 1.54) is 19.3 Å². The Labute approximate surface area is 291 Å². The van der Waals surface area contributed by atoms with Gasteiger partial charge in [0, 0.05) is 16.2 Å². The third-order valence-electron chi connectivity index (χ3n) is 16.2. The van der Waals surface area contributed by atoms with Crippen LogP contribution in [0.1, 0.15) is 144 Å². The maximum absolute atomic E-state index is 13.1. The number of rotatable bonds is 8. The van der Waals surface area contributed by atoms with Crippen LogP contribution in [0.4, 0.5) is 0 Å². The van der Waals surface area contributed by atoms with E-state index in [2.05, 4.69) is 72.9 Å². The number of esters is 2. The minimum Gasteiger partial charge on any atom is -0.465 e. The van der Waals surface area contributed by atoms with E-state index in [9.17, 15) is 14.7 Å². The third kappa shape index (κ3) is 5.88. The van der Waals surface area contributed by atoms with Crippen LogP contribution in [-0.4, -0.2) is 35.9 Å². The number of ether oxygens (including phenoxy) is 2. The zero-order valence-corrected chi connectivity index (χ0v) is 31.3. The van der Waals surface area contributed by atoms with Gasteiger partial charge in [0.15, 0.2) is 0 Å². The summed E-state index contributed by atoms with van der Waals surface area (Å²) in [6, 6.07) is 0. The molecule has 5 fully saturated rings. The molecule has 1 N–H and O–H groups in total. The van der Waals surface area contributed by atoms with Crippen LogP contribution in [0.15, 0.2) is 37.0 Å². The number of allylic oxidation sites excluding steroid dienone is 4. The van der Waals surface area contributed by atoms with Gasteiger partial charge in [-0.2, -0.15) is 0 Å². The summed E-state index contributed by atoms with van der Waals surface area (Å²) in [4.78, 5) is 26.2. The number of hydrogen-bond acceptors (Lipinski definition) is 5. The Morgan fingerprint density at radius 1 is 0.771 bits per heavy atom. The van der Waals surface area contributed by atoms with Crippen molar-refractivity contribution < 1.29 is 24.2 Å². The highest BCUT2D eigenvalue weighted by Gasteiger charge is 2.65. The van der Waals surface area contributed by atoms with Gasteiger partial charge in [-0.3, -0.25) is 9.59 Å². The normalized spacial score (nSPS) is 48.4. The van der Waals surface area contributed by atoms with Gasteiger partial charge in [-0.15, -0.1) is 13.2 Å². The third-order valence-corrected chi connectivity index (χ3v) is 16.2. The summed E-state index contributed by atoms with van der Waals surface area (Å²) in [6.45, 7) is 22.9. The molecule has 11 unspecified atom stereocenters. The highest BCUT2D eigenvalue weighted by molar-refractivity contribution is 5.91. The fraction of sp³-hybridized carbons (Fsp3) is 0.814. The molecule has 6 aliphatic carbocycles. The van der Waals surface area contributed by atoms with Crippen LogP contribution in [0, 0.1) is 56.2 Å². The Bertz CT molecular complexity index is 1330. The summed E-state index contributed by atoms with van der Waals surface area (Å²) in [7, 11) is 0. The minimum atomic E-state index is -0.696. The van der Waals surface area contributed by atoms with E-state index in [-0.39, 0.29) is 50.7 Å². The number of carbonyl (C=O) groups excluding carboxylic acids is 2. The van der Waals surface area contributed by atoms with Crippen LogP contribution in [0.25, 0.3) is 0 Å². The molecular weight excluding hydrogens is 596 g/mol. The topological polar surface area (TPSA) is 72.8 Å². The monoisotopic (exact) mass is 662 g/mol. The van der Waals surface area contributed by atoms with E-state index in [1.807, 2.05) is 0 Å². The minimum absolute atomic E-state index is 0.0941. The lowest BCUT2D eigenvalue weighted by Gasteiger charge is -2.66. The van der Waals surface area contributed by atoms with E-state index in [4.69, 9.17) is 9.47 Å². The summed E-state index contributed by atoms with van der Waals surface area (Å²) in [6.07, 6.45) is 22.2. The van der Waals surface area contributed by atoms with Gasteiger partial charge < -0.3 is 14.6 Å². The Morgan fingerprint density at radius 3 is 2.02 bits per heavy atom. The molecule has 11 atom stereocenters. The molecule has 0 aliphatic heterocycles. The summed E-state index contributed by atoms with van der Waals surface area (Å²) >= 11 is 0. The number of fused-ring (bicyclic) bond motifs is 6. The molecular formula is C43H66O5. The second-order valence-corrected chi connectivity index (χ2v) is 19.4. The molecule has 48 heavy (non-hydrogen) atoms. The molecule has 0 bridgehead atoms. The predicted octanol–water partition coefficient (Wildman–Crippen LogP) is 9.93. The standard InChI is InChI=1S/C43H66O5/c1-9-37(3)22-17-32-30(26-37)13-15-33-39(5,18-11-20-41(32,33)7)28-47-35(44)25-36(45)48-29-40(6)19-12-21-42(8)34(40)16-14-31-27-38(4,10-2)23-24-43(31,42)46/h9-10,17,30-31,33-34,46H,1-2,11-16,18-29H2,3-8H3. The molecule has 6 rings (SSSR count). The van der Waals surface area contributed by atoms with Crippen molar-refractivity contribution in [3.8, 4) is 0 Å². The van der Waals surface area contributed by atoms with Crippen LogP contribution >= 0.6 is 0 Å². The van der Waals surface area contributed by atoms with Crippen LogP contribution < -0.4 is 0 Å². The predicted molar refractivity (Wildman–Crippen MR) is 192 cm³/mol. The lowest BCUT2D eigenvalue weighted by atomic mass is 9.41. The zero-order chi connectivity index (χ0) is 34.8. The van der Waals surface area contributed by atoms with Crippen molar-refractivity contribution in [2.24, 2.45) is 56.2 Å². The van der Waals surface area contributed by atoms with Gasteiger partial charge in [0.05, 0.1) is 18.8 Å². The fourth-order valence-electron chi connectivity index (χ4n) is 13.1. The molecule has 5 heteroatoms. The molecule has 0 aromatic heterocycles. The maximum atomic E-state index is 13.1. The van der Waals surface area contributed by atoms with E-state index in [0.717, 1.165) is 77.0 Å². The van der Waals surface area contributed by atoms with Crippen LogP contribution in [0.3, 0.4) is 0 Å². The van der Waals surface area contributed by atoms with Gasteiger partial charge in [0.2, 0.25) is 0 Å². The van der Waals surface area contributed by atoms with E-state index in [0.29, 0.717) is 25.0 Å². The van der Waals surface area contributed by atoms with Crippen LogP contribution in [-0.2, 0) is 19.1 Å². The highest BCUT2D eigenvalue weighted by Crippen LogP contribution is 2.67. The Hall–Kier alpha value is -1.88. The molecule has 0 heterocycles. The SMILES string of the molecule is C=CC1(C)CC=C2C(CCC3C(C)(COC(=O)CC(=O)OCC4(C)CCCC5(C)C4CCC4CC(C)(C=C)CCC45O)CCCC23C)C1. The Morgan fingerprint density at radius 2 is 1.38 bits per heavy atom. The first kappa shape index (κ1) is 35.9. The second kappa shape index (κ2) is 12.4. The Balaban J connectivity index is 1.04. The van der Waals surface area contributed by atoms with Crippen LogP contribution in [0.5, 0.6) is 0 Å². The summed E-state index contributed by atoms with van der Waals surface area (Å²) in [5.41, 5.74) is 0.848. The van der Waals surface area contributed by atoms with Crippen molar-refractivity contribution in [3.63, 3.8) is 0 Å². The van der Waals surface area contributed by atoms with Gasteiger partial charge in [-0.1, -0.05) is 78.2 Å². The first-order valence-corrected chi connectivity index (χ1v) is 19.5. The average Bonchev–Trinajstić information content (AvgIpc) is 3.04. The number of hydrogen-bond donors (Lipinski definition) is 1.